The summed E-state index contributed by atoms with van der Waals surface area (Å²) in [5, 5.41) is 21.5. The highest BCUT2D eigenvalue weighted by atomic mass is 16.5. The van der Waals surface area contributed by atoms with Crippen molar-refractivity contribution < 1.29 is 9.84 Å². The predicted octanol–water partition coefficient (Wildman–Crippen LogP) is 1.57. The van der Waals surface area contributed by atoms with Crippen molar-refractivity contribution in [2.45, 2.75) is 19.6 Å². The molecule has 1 aliphatic heterocycles. The number of nitrogens with zero attached hydrogens (tertiary/aromatic N) is 2. The molecule has 1 aromatic carbocycles. The van der Waals surface area contributed by atoms with Crippen LogP contribution in [0, 0.1) is 12.8 Å². The van der Waals surface area contributed by atoms with Crippen LogP contribution in [0.4, 0.5) is 5.82 Å². The number of anilines is 1. The van der Waals surface area contributed by atoms with Gasteiger partial charge in [0.25, 0.3) is 0 Å². The first kappa shape index (κ1) is 15.8. The first-order valence-electron chi connectivity index (χ1n) is 7.97. The molecule has 2 atom stereocenters. The van der Waals surface area contributed by atoms with E-state index >= 15 is 0 Å². The zero-order valence-corrected chi connectivity index (χ0v) is 13.6. The van der Waals surface area contributed by atoms with Gasteiger partial charge in [0.15, 0.2) is 0 Å². The van der Waals surface area contributed by atoms with Crippen LogP contribution in [0.15, 0.2) is 30.3 Å². The van der Waals surface area contributed by atoms with Crippen molar-refractivity contribution in [3.63, 3.8) is 0 Å². The Kier molecular flexibility index (Phi) is 4.83. The third-order valence-corrected chi connectivity index (χ3v) is 4.18. The van der Waals surface area contributed by atoms with E-state index in [-0.39, 0.29) is 0 Å². The normalized spacial score (nSPS) is 18.1. The number of ether oxygens (including phenoxy) is 1. The van der Waals surface area contributed by atoms with Gasteiger partial charge in [-0.3, -0.25) is 0 Å². The molecule has 3 rings (SSSR count). The standard InChI is InChI=1S/C17H24N4O2/c1-12-7-17-19-9-13(11-21(17)20-12)8-18-10-16(22)14-3-5-15(23-2)6-4-14/h3-7,13,16,18-19,22H,8-11H2,1-2H3/t13-,16-/m1/s1. The van der Waals surface area contributed by atoms with E-state index in [1.54, 1.807) is 7.11 Å². The lowest BCUT2D eigenvalue weighted by atomic mass is 10.1. The van der Waals surface area contributed by atoms with Crippen LogP contribution in [0.3, 0.4) is 0 Å². The summed E-state index contributed by atoms with van der Waals surface area (Å²) in [6.07, 6.45) is -0.514. The van der Waals surface area contributed by atoms with Crippen molar-refractivity contribution >= 4 is 5.82 Å². The van der Waals surface area contributed by atoms with Crippen molar-refractivity contribution in [2.24, 2.45) is 5.92 Å². The molecule has 0 bridgehead atoms. The number of benzene rings is 1. The zero-order valence-electron chi connectivity index (χ0n) is 13.6. The Morgan fingerprint density at radius 1 is 1.43 bits per heavy atom. The number of rotatable bonds is 6. The first-order valence-corrected chi connectivity index (χ1v) is 7.97. The van der Waals surface area contributed by atoms with Crippen LogP contribution in [0.5, 0.6) is 5.75 Å². The summed E-state index contributed by atoms with van der Waals surface area (Å²) >= 11 is 0. The van der Waals surface area contributed by atoms with E-state index in [1.807, 2.05) is 35.9 Å². The summed E-state index contributed by atoms with van der Waals surface area (Å²) in [5.74, 6) is 2.36. The van der Waals surface area contributed by atoms with Gasteiger partial charge in [-0.1, -0.05) is 12.1 Å². The number of hydrogen-bond donors (Lipinski definition) is 3. The van der Waals surface area contributed by atoms with Crippen molar-refractivity contribution in [1.82, 2.24) is 15.1 Å². The van der Waals surface area contributed by atoms with Crippen molar-refractivity contribution in [3.8, 4) is 5.75 Å². The highest BCUT2D eigenvalue weighted by molar-refractivity contribution is 5.38. The predicted molar refractivity (Wildman–Crippen MR) is 89.8 cm³/mol. The van der Waals surface area contributed by atoms with Crippen LogP contribution in [-0.2, 0) is 6.54 Å². The summed E-state index contributed by atoms with van der Waals surface area (Å²) in [4.78, 5) is 0. The molecular formula is C17H24N4O2. The van der Waals surface area contributed by atoms with Gasteiger partial charge in [-0.25, -0.2) is 4.68 Å². The number of methoxy groups -OCH3 is 1. The molecule has 2 aromatic rings. The lowest BCUT2D eigenvalue weighted by molar-refractivity contribution is 0.172. The van der Waals surface area contributed by atoms with Crippen LogP contribution in [0.1, 0.15) is 17.4 Å². The number of nitrogens with one attached hydrogen (secondary N) is 2. The molecule has 0 amide bonds. The van der Waals surface area contributed by atoms with Crippen LogP contribution in [-0.4, -0.2) is 41.6 Å². The molecule has 0 spiro atoms. The minimum atomic E-state index is -0.514. The van der Waals surface area contributed by atoms with Gasteiger partial charge in [-0.2, -0.15) is 5.10 Å². The minimum Gasteiger partial charge on any atom is -0.497 e. The second kappa shape index (κ2) is 7.02. The summed E-state index contributed by atoms with van der Waals surface area (Å²) < 4.78 is 7.15. The average molecular weight is 316 g/mol. The average Bonchev–Trinajstić information content (AvgIpc) is 2.94. The van der Waals surface area contributed by atoms with Crippen LogP contribution in [0.2, 0.25) is 0 Å². The molecule has 6 heteroatoms. The Hall–Kier alpha value is -2.05. The van der Waals surface area contributed by atoms with E-state index in [4.69, 9.17) is 4.74 Å². The Balaban J connectivity index is 1.46. The van der Waals surface area contributed by atoms with Crippen LogP contribution >= 0.6 is 0 Å². The molecule has 0 aliphatic carbocycles. The second-order valence-corrected chi connectivity index (χ2v) is 6.05. The number of aromatic nitrogens is 2. The number of hydrogen-bond acceptors (Lipinski definition) is 5. The van der Waals surface area contributed by atoms with E-state index < -0.39 is 6.10 Å². The van der Waals surface area contributed by atoms with E-state index in [9.17, 15) is 5.11 Å². The highest BCUT2D eigenvalue weighted by Crippen LogP contribution is 2.19. The monoisotopic (exact) mass is 316 g/mol. The highest BCUT2D eigenvalue weighted by Gasteiger charge is 2.19. The molecule has 0 radical (unpaired) electrons. The van der Waals surface area contributed by atoms with Gasteiger partial charge in [0.05, 0.1) is 18.9 Å². The van der Waals surface area contributed by atoms with Gasteiger partial charge in [-0.15, -0.1) is 0 Å². The third kappa shape index (κ3) is 3.83. The first-order chi connectivity index (χ1) is 11.2. The van der Waals surface area contributed by atoms with Crippen LogP contribution in [0.25, 0.3) is 0 Å². The van der Waals surface area contributed by atoms with Gasteiger partial charge < -0.3 is 20.5 Å². The lowest BCUT2D eigenvalue weighted by Crippen LogP contribution is -2.36. The van der Waals surface area contributed by atoms with Gasteiger partial charge >= 0.3 is 0 Å². The topological polar surface area (TPSA) is 71.3 Å². The summed E-state index contributed by atoms with van der Waals surface area (Å²) in [7, 11) is 1.64. The van der Waals surface area contributed by atoms with Gasteiger partial charge in [0, 0.05) is 38.2 Å². The quantitative estimate of drug-likeness (QED) is 0.754. The molecule has 124 valence electrons. The maximum atomic E-state index is 10.2. The van der Waals surface area contributed by atoms with Crippen molar-refractivity contribution in [2.75, 3.05) is 32.1 Å². The molecule has 0 fully saturated rings. The maximum absolute atomic E-state index is 10.2. The molecule has 6 nitrogen and oxygen atoms in total. The number of aliphatic hydroxyl groups excluding tert-OH is 1. The SMILES string of the molecule is COc1ccc([C@H](O)CNC[C@@H]2CNc3cc(C)nn3C2)cc1. The van der Waals surface area contributed by atoms with E-state index in [0.717, 1.165) is 42.5 Å². The molecule has 23 heavy (non-hydrogen) atoms. The Labute approximate surface area is 136 Å². The lowest BCUT2D eigenvalue weighted by Gasteiger charge is -2.25. The molecule has 1 aromatic heterocycles. The molecule has 0 saturated heterocycles. The zero-order chi connectivity index (χ0) is 16.2. The third-order valence-electron chi connectivity index (χ3n) is 4.18. The summed E-state index contributed by atoms with van der Waals surface area (Å²) in [5.41, 5.74) is 1.93. The molecule has 3 N–H and O–H groups in total. The van der Waals surface area contributed by atoms with Gasteiger partial charge in [-0.05, 0) is 24.6 Å². The van der Waals surface area contributed by atoms with Crippen LogP contribution < -0.4 is 15.4 Å². The Morgan fingerprint density at radius 3 is 2.96 bits per heavy atom. The molecule has 2 heterocycles. The smallest absolute Gasteiger partial charge is 0.124 e. The van der Waals surface area contributed by atoms with Crippen molar-refractivity contribution in [1.29, 1.82) is 0 Å². The number of aliphatic hydroxyl groups is 1. The second-order valence-electron chi connectivity index (χ2n) is 6.05. The number of fused-ring (bicyclic) bond motifs is 1. The van der Waals surface area contributed by atoms with Gasteiger partial charge in [0.1, 0.15) is 11.6 Å². The number of aryl methyl sites for hydroxylation is 1. The Morgan fingerprint density at radius 2 is 2.22 bits per heavy atom. The molecular weight excluding hydrogens is 292 g/mol. The summed E-state index contributed by atoms with van der Waals surface area (Å²) in [6, 6.07) is 9.59. The summed E-state index contributed by atoms with van der Waals surface area (Å²) in [6.45, 7) is 5.22. The largest absolute Gasteiger partial charge is 0.497 e. The molecule has 0 saturated carbocycles. The maximum Gasteiger partial charge on any atom is 0.124 e. The fraction of sp³-hybridized carbons (Fsp3) is 0.471. The Bertz CT molecular complexity index is 639. The van der Waals surface area contributed by atoms with E-state index in [0.29, 0.717) is 12.5 Å². The van der Waals surface area contributed by atoms with E-state index in [1.165, 1.54) is 0 Å². The van der Waals surface area contributed by atoms with E-state index in [2.05, 4.69) is 21.8 Å². The fourth-order valence-corrected chi connectivity index (χ4v) is 2.89. The van der Waals surface area contributed by atoms with Crippen molar-refractivity contribution in [3.05, 3.63) is 41.6 Å². The van der Waals surface area contributed by atoms with Gasteiger partial charge in [0.2, 0.25) is 0 Å². The molecule has 0 unspecified atom stereocenters. The fourth-order valence-electron chi connectivity index (χ4n) is 2.89. The minimum absolute atomic E-state index is 0.463. The molecule has 1 aliphatic rings.